The molecule has 0 aliphatic carbocycles. The maximum absolute atomic E-state index is 11.0. The number of benzene rings is 2. The molecule has 0 aromatic heterocycles. The van der Waals surface area contributed by atoms with Gasteiger partial charge in [0.2, 0.25) is 12.8 Å². The second-order valence-corrected chi connectivity index (χ2v) is 14.1. The van der Waals surface area contributed by atoms with Crippen molar-refractivity contribution in [1.82, 2.24) is 15.5 Å². The largest absolute Gasteiger partial charge is 0.396 e. The van der Waals surface area contributed by atoms with E-state index in [1.165, 1.54) is 5.56 Å². The Morgan fingerprint density at radius 1 is 1.07 bits per heavy atom. The highest BCUT2D eigenvalue weighted by Gasteiger charge is 2.37. The maximum Gasteiger partial charge on any atom is 0.211 e. The molecular weight excluding hydrogens is 583 g/mol. The van der Waals surface area contributed by atoms with Crippen molar-refractivity contribution in [2.24, 2.45) is 11.3 Å². The normalized spacial score (nSPS) is 20.7. The number of anilines is 1. The zero-order valence-corrected chi connectivity index (χ0v) is 28.3. The van der Waals surface area contributed by atoms with Crippen LogP contribution in [-0.4, -0.2) is 68.2 Å². The van der Waals surface area contributed by atoms with Crippen LogP contribution in [0.15, 0.2) is 36.4 Å². The molecule has 2 aromatic rings. The van der Waals surface area contributed by atoms with E-state index in [1.807, 2.05) is 31.2 Å². The first-order valence-electron chi connectivity index (χ1n) is 15.4. The van der Waals surface area contributed by atoms with Crippen LogP contribution in [-0.2, 0) is 9.59 Å². The van der Waals surface area contributed by atoms with Crippen molar-refractivity contribution in [2.45, 2.75) is 78.7 Å². The molecule has 2 saturated heterocycles. The molecule has 240 valence electrons. The van der Waals surface area contributed by atoms with Crippen LogP contribution in [0.2, 0.25) is 10.0 Å². The Bertz CT molecular complexity index is 1130. The van der Waals surface area contributed by atoms with E-state index in [1.54, 1.807) is 0 Å². The number of rotatable bonds is 10. The number of halogens is 2. The lowest BCUT2D eigenvalue weighted by Crippen LogP contribution is -2.36. The van der Waals surface area contributed by atoms with E-state index >= 15 is 0 Å². The molecule has 0 bridgehead atoms. The molecular formula is C34H52Cl2N4O3. The number of amides is 2. The number of carbonyl (C=O) groups excluding carboxylic acids is 2. The molecule has 2 fully saturated rings. The van der Waals surface area contributed by atoms with Crippen LogP contribution < -0.4 is 16.0 Å². The maximum atomic E-state index is 11.0. The van der Waals surface area contributed by atoms with Crippen LogP contribution in [0.25, 0.3) is 0 Å². The number of hydrogen-bond donors (Lipinski definition) is 4. The van der Waals surface area contributed by atoms with E-state index in [0.717, 1.165) is 80.2 Å². The van der Waals surface area contributed by atoms with Gasteiger partial charge in [-0.15, -0.1) is 0 Å². The summed E-state index contributed by atoms with van der Waals surface area (Å²) in [5, 5.41) is 19.4. The molecule has 43 heavy (non-hydrogen) atoms. The molecule has 0 unspecified atom stereocenters. The molecule has 7 nitrogen and oxygen atoms in total. The highest BCUT2D eigenvalue weighted by Crippen LogP contribution is 2.44. The minimum Gasteiger partial charge on any atom is -0.396 e. The van der Waals surface area contributed by atoms with Gasteiger partial charge in [-0.1, -0.05) is 69.1 Å². The summed E-state index contributed by atoms with van der Waals surface area (Å²) in [7, 11) is 0. The number of piperidine rings is 1. The Hall–Kier alpha value is -2.16. The van der Waals surface area contributed by atoms with Crippen molar-refractivity contribution >= 4 is 41.7 Å². The minimum absolute atomic E-state index is 0.224. The minimum atomic E-state index is 0.224. The smallest absolute Gasteiger partial charge is 0.211 e. The van der Waals surface area contributed by atoms with Gasteiger partial charge in [-0.2, -0.15) is 0 Å². The first-order valence-corrected chi connectivity index (χ1v) is 16.1. The summed E-state index contributed by atoms with van der Waals surface area (Å²) in [4.78, 5) is 23.4. The van der Waals surface area contributed by atoms with E-state index < -0.39 is 0 Å². The highest BCUT2D eigenvalue weighted by molar-refractivity contribution is 6.31. The van der Waals surface area contributed by atoms with Crippen molar-refractivity contribution in [2.75, 3.05) is 44.6 Å². The van der Waals surface area contributed by atoms with Gasteiger partial charge >= 0.3 is 0 Å². The number of likely N-dealkylation sites (tertiary alicyclic amines) is 1. The van der Waals surface area contributed by atoms with Crippen molar-refractivity contribution in [3.63, 3.8) is 0 Å². The van der Waals surface area contributed by atoms with Crippen molar-refractivity contribution in [3.8, 4) is 0 Å². The van der Waals surface area contributed by atoms with Crippen molar-refractivity contribution in [3.05, 3.63) is 63.1 Å². The Balaban J connectivity index is 0.000000287. The number of nitrogens with zero attached hydrogens (tertiary/aromatic N) is 1. The summed E-state index contributed by atoms with van der Waals surface area (Å²) < 4.78 is 0. The number of carbonyl (C=O) groups is 2. The first-order chi connectivity index (χ1) is 20.4. The number of aliphatic hydroxyl groups is 1. The van der Waals surface area contributed by atoms with E-state index in [2.05, 4.69) is 67.6 Å². The van der Waals surface area contributed by atoms with Gasteiger partial charge in [0.05, 0.1) is 0 Å². The third-order valence-electron chi connectivity index (χ3n) is 7.66. The van der Waals surface area contributed by atoms with Crippen LogP contribution in [0, 0.1) is 18.3 Å². The second-order valence-electron chi connectivity index (χ2n) is 13.2. The number of hydrogen-bond acceptors (Lipinski definition) is 5. The SMILES string of the molecule is CC(C)(C)C.Cc1cc([C@H]2[C@@H](c3cccc(Cl)c3)CN[C@@H]2C)c(NC=O)cc1Cl.O=CNCCCN1CCC(CO)CC1. The van der Waals surface area contributed by atoms with Gasteiger partial charge in [0, 0.05) is 53.3 Å². The predicted octanol–water partition coefficient (Wildman–Crippen LogP) is 6.61. The Labute approximate surface area is 269 Å². The molecule has 0 saturated carbocycles. The third kappa shape index (κ3) is 13.2. The molecule has 2 aliphatic rings. The van der Waals surface area contributed by atoms with Crippen LogP contribution in [0.3, 0.4) is 0 Å². The summed E-state index contributed by atoms with van der Waals surface area (Å²) >= 11 is 12.4. The lowest BCUT2D eigenvalue weighted by molar-refractivity contribution is -0.109. The van der Waals surface area contributed by atoms with Crippen LogP contribution in [0.1, 0.15) is 82.4 Å². The van der Waals surface area contributed by atoms with Crippen molar-refractivity contribution < 1.29 is 14.7 Å². The zero-order chi connectivity index (χ0) is 32.0. The standard InChI is InChI=1S/C19H20Cl2N2O.C10H20N2O2.C5H12/c1-11-6-15(18(23-10-24)8-17(11)21)19-12(2)22-9-16(19)13-4-3-5-14(20)7-13;13-8-10-2-6-12(7-3-10)5-1-4-11-9-14;1-5(2,3)4/h3-8,10,12,16,19,22H,9H2,1-2H3,(H,23,24);9-10,13H,1-8H2,(H,11,14);1-4H3/t12-,16-,19+;;/m1../s1. The summed E-state index contributed by atoms with van der Waals surface area (Å²) in [6.07, 6.45) is 4.68. The van der Waals surface area contributed by atoms with Gasteiger partial charge in [-0.25, -0.2) is 0 Å². The van der Waals surface area contributed by atoms with Gasteiger partial charge in [0.25, 0.3) is 0 Å². The van der Waals surface area contributed by atoms with Gasteiger partial charge in [0.1, 0.15) is 0 Å². The molecule has 2 aliphatic heterocycles. The van der Waals surface area contributed by atoms with E-state index in [4.69, 9.17) is 28.3 Å². The lowest BCUT2D eigenvalue weighted by atomic mass is 9.79. The van der Waals surface area contributed by atoms with Gasteiger partial charge in [-0.05, 0) is 99.0 Å². The van der Waals surface area contributed by atoms with E-state index in [-0.39, 0.29) is 17.9 Å². The van der Waals surface area contributed by atoms with Crippen molar-refractivity contribution in [1.29, 1.82) is 0 Å². The summed E-state index contributed by atoms with van der Waals surface area (Å²) in [5.74, 6) is 1.02. The average Bonchev–Trinajstić information content (AvgIpc) is 3.34. The fraction of sp³-hybridized carbons (Fsp3) is 0.588. The Kier molecular flexibility index (Phi) is 16.0. The number of nitrogens with one attached hydrogen (secondary N) is 3. The van der Waals surface area contributed by atoms with E-state index in [0.29, 0.717) is 29.4 Å². The molecule has 2 heterocycles. The predicted molar refractivity (Wildman–Crippen MR) is 180 cm³/mol. The van der Waals surface area contributed by atoms with Gasteiger partial charge < -0.3 is 26.0 Å². The summed E-state index contributed by atoms with van der Waals surface area (Å²) in [5.41, 5.74) is 4.58. The molecule has 4 rings (SSSR count). The molecule has 0 radical (unpaired) electrons. The number of aryl methyl sites for hydroxylation is 1. The lowest BCUT2D eigenvalue weighted by Gasteiger charge is -2.30. The topological polar surface area (TPSA) is 93.7 Å². The van der Waals surface area contributed by atoms with Crippen LogP contribution in [0.4, 0.5) is 5.69 Å². The molecule has 4 N–H and O–H groups in total. The average molecular weight is 636 g/mol. The quantitative estimate of drug-likeness (QED) is 0.174. The van der Waals surface area contributed by atoms with Crippen LogP contribution >= 0.6 is 23.2 Å². The summed E-state index contributed by atoms with van der Waals surface area (Å²) in [6.45, 7) is 18.1. The Morgan fingerprint density at radius 3 is 2.33 bits per heavy atom. The van der Waals surface area contributed by atoms with Gasteiger partial charge in [-0.3, -0.25) is 9.59 Å². The monoisotopic (exact) mass is 634 g/mol. The third-order valence-corrected chi connectivity index (χ3v) is 8.30. The fourth-order valence-electron chi connectivity index (χ4n) is 5.49. The number of aliphatic hydroxyl groups excluding tert-OH is 1. The van der Waals surface area contributed by atoms with Crippen LogP contribution in [0.5, 0.6) is 0 Å². The van der Waals surface area contributed by atoms with E-state index in [9.17, 15) is 9.59 Å². The Morgan fingerprint density at radius 2 is 1.74 bits per heavy atom. The fourth-order valence-corrected chi connectivity index (χ4v) is 5.85. The summed E-state index contributed by atoms with van der Waals surface area (Å²) in [6, 6.07) is 12.2. The second kappa shape index (κ2) is 18.6. The zero-order valence-electron chi connectivity index (χ0n) is 26.8. The first kappa shape index (κ1) is 37.0. The highest BCUT2D eigenvalue weighted by atomic mass is 35.5. The van der Waals surface area contributed by atoms with Gasteiger partial charge in [0.15, 0.2) is 0 Å². The molecule has 0 spiro atoms. The molecule has 9 heteroatoms. The molecule has 3 atom stereocenters. The molecule has 2 aromatic carbocycles. The molecule has 2 amide bonds.